The number of aliphatic hydroxyl groups excluding tert-OH is 2. The molecule has 0 aliphatic heterocycles. The van der Waals surface area contributed by atoms with Gasteiger partial charge in [0.2, 0.25) is 0 Å². The van der Waals surface area contributed by atoms with Crippen LogP contribution in [-0.4, -0.2) is 61.1 Å². The Morgan fingerprint density at radius 2 is 2.12 bits per heavy atom. The molecule has 1 saturated carbocycles. The van der Waals surface area contributed by atoms with Crippen LogP contribution < -0.4 is 5.32 Å². The topological polar surface area (TPSA) is 55.7 Å². The summed E-state index contributed by atoms with van der Waals surface area (Å²) in [4.78, 5) is 2.20. The van der Waals surface area contributed by atoms with Crippen LogP contribution in [-0.2, 0) is 0 Å². The Bertz CT molecular complexity index is 461. The number of hydrogen-bond donors (Lipinski definition) is 3. The minimum absolute atomic E-state index is 0.205. The molecule has 2 rings (SSSR count). The molecule has 4 nitrogen and oxygen atoms in total. The number of nitrogens with one attached hydrogen (secondary N) is 1. The van der Waals surface area contributed by atoms with Crippen LogP contribution in [0.1, 0.15) is 51.9 Å². The molecule has 26 heavy (non-hydrogen) atoms. The maximum absolute atomic E-state index is 10.4. The molecule has 0 aromatic carbocycles. The third-order valence-electron chi connectivity index (χ3n) is 5.97. The van der Waals surface area contributed by atoms with E-state index in [1.54, 1.807) is 5.57 Å². The Labute approximate surface area is 160 Å². The first kappa shape index (κ1) is 21.6. The smallest absolute Gasteiger partial charge is 0.0721 e. The summed E-state index contributed by atoms with van der Waals surface area (Å²) >= 11 is 0. The van der Waals surface area contributed by atoms with Crippen molar-refractivity contribution in [1.82, 2.24) is 10.2 Å². The second kappa shape index (κ2) is 11.2. The van der Waals surface area contributed by atoms with E-state index in [0.29, 0.717) is 11.8 Å². The fourth-order valence-electron chi connectivity index (χ4n) is 4.42. The number of hydrogen-bond acceptors (Lipinski definition) is 4. The fraction of sp³-hybridized carbons (Fsp3) is 0.818. The number of rotatable bonds is 12. The Morgan fingerprint density at radius 1 is 1.31 bits per heavy atom. The van der Waals surface area contributed by atoms with Crippen LogP contribution in [0.4, 0.5) is 0 Å². The monoisotopic (exact) mass is 364 g/mol. The summed E-state index contributed by atoms with van der Waals surface area (Å²) in [5.74, 6) is 1.26. The largest absolute Gasteiger partial charge is 0.392 e. The second-order valence-electron chi connectivity index (χ2n) is 8.49. The van der Waals surface area contributed by atoms with E-state index >= 15 is 0 Å². The zero-order chi connectivity index (χ0) is 18.9. The summed E-state index contributed by atoms with van der Waals surface area (Å²) in [6, 6.07) is 0. The van der Waals surface area contributed by atoms with E-state index in [4.69, 9.17) is 0 Å². The van der Waals surface area contributed by atoms with Gasteiger partial charge in [-0.1, -0.05) is 50.0 Å². The number of fused-ring (bicyclic) bond motifs is 1. The van der Waals surface area contributed by atoms with Crippen molar-refractivity contribution in [3.63, 3.8) is 0 Å². The van der Waals surface area contributed by atoms with Gasteiger partial charge in [0.15, 0.2) is 0 Å². The summed E-state index contributed by atoms with van der Waals surface area (Å²) in [5, 5.41) is 24.1. The Hall–Kier alpha value is -0.680. The van der Waals surface area contributed by atoms with Gasteiger partial charge in [-0.25, -0.2) is 0 Å². The van der Waals surface area contributed by atoms with Crippen LogP contribution in [0.2, 0.25) is 0 Å². The molecule has 0 aromatic heterocycles. The van der Waals surface area contributed by atoms with E-state index in [2.05, 4.69) is 43.4 Å². The van der Waals surface area contributed by atoms with Gasteiger partial charge in [-0.3, -0.25) is 0 Å². The fourth-order valence-corrected chi connectivity index (χ4v) is 4.42. The van der Waals surface area contributed by atoms with E-state index in [-0.39, 0.29) is 18.1 Å². The Morgan fingerprint density at radius 3 is 2.85 bits per heavy atom. The van der Waals surface area contributed by atoms with Crippen molar-refractivity contribution in [2.45, 2.75) is 64.1 Å². The van der Waals surface area contributed by atoms with Crippen LogP contribution in [0.3, 0.4) is 0 Å². The van der Waals surface area contributed by atoms with E-state index in [1.165, 1.54) is 12.8 Å². The lowest BCUT2D eigenvalue weighted by Crippen LogP contribution is -2.27. The number of likely N-dealkylation sites (N-methyl/N-ethyl adjacent to an activating group) is 1. The first-order valence-corrected chi connectivity index (χ1v) is 10.6. The first-order valence-electron chi connectivity index (χ1n) is 10.6. The molecule has 0 saturated heterocycles. The quantitative estimate of drug-likeness (QED) is 0.368. The van der Waals surface area contributed by atoms with Crippen molar-refractivity contribution in [2.75, 3.05) is 33.7 Å². The summed E-state index contributed by atoms with van der Waals surface area (Å²) in [6.45, 7) is 5.33. The number of aliphatic hydroxyl groups is 2. The summed E-state index contributed by atoms with van der Waals surface area (Å²) in [6.07, 6.45) is 13.2. The van der Waals surface area contributed by atoms with Gasteiger partial charge in [0.1, 0.15) is 0 Å². The molecule has 0 bridgehead atoms. The van der Waals surface area contributed by atoms with Crippen LogP contribution in [0, 0.1) is 17.8 Å². The Kier molecular flexibility index (Phi) is 9.34. The van der Waals surface area contributed by atoms with Gasteiger partial charge in [-0.15, -0.1) is 0 Å². The highest BCUT2D eigenvalue weighted by Gasteiger charge is 2.43. The van der Waals surface area contributed by atoms with Gasteiger partial charge < -0.3 is 20.4 Å². The minimum Gasteiger partial charge on any atom is -0.392 e. The summed E-state index contributed by atoms with van der Waals surface area (Å²) in [7, 11) is 4.20. The third-order valence-corrected chi connectivity index (χ3v) is 5.97. The minimum atomic E-state index is -0.359. The molecule has 2 aliphatic rings. The third kappa shape index (κ3) is 6.80. The molecular formula is C22H40N2O2. The van der Waals surface area contributed by atoms with Crippen molar-refractivity contribution in [3.05, 3.63) is 23.8 Å². The van der Waals surface area contributed by atoms with Gasteiger partial charge in [0, 0.05) is 19.0 Å². The highest BCUT2D eigenvalue weighted by Crippen LogP contribution is 2.47. The molecule has 150 valence electrons. The van der Waals surface area contributed by atoms with Crippen molar-refractivity contribution >= 4 is 0 Å². The van der Waals surface area contributed by atoms with Gasteiger partial charge in [-0.2, -0.15) is 0 Å². The maximum atomic E-state index is 10.4. The van der Waals surface area contributed by atoms with Crippen molar-refractivity contribution in [1.29, 1.82) is 0 Å². The maximum Gasteiger partial charge on any atom is 0.0721 e. The van der Waals surface area contributed by atoms with Crippen LogP contribution >= 0.6 is 0 Å². The second-order valence-corrected chi connectivity index (χ2v) is 8.49. The molecule has 1 fully saturated rings. The molecule has 0 heterocycles. The predicted molar refractivity (Wildman–Crippen MR) is 109 cm³/mol. The molecule has 0 unspecified atom stereocenters. The Balaban J connectivity index is 1.74. The number of unbranched alkanes of at least 4 members (excludes halogenated alkanes) is 2. The van der Waals surface area contributed by atoms with E-state index in [1.807, 2.05) is 6.08 Å². The van der Waals surface area contributed by atoms with Gasteiger partial charge >= 0.3 is 0 Å². The highest BCUT2D eigenvalue weighted by molar-refractivity contribution is 5.21. The SMILES string of the molecule is CCCCC[C@H](O)C=C[C@@H]1[C@H]2CC(CCNCCN(C)C)=C[C@H]2C[C@H]1O. The predicted octanol–water partition coefficient (Wildman–Crippen LogP) is 2.97. The van der Waals surface area contributed by atoms with Crippen molar-refractivity contribution < 1.29 is 10.2 Å². The van der Waals surface area contributed by atoms with E-state index < -0.39 is 0 Å². The van der Waals surface area contributed by atoms with Gasteiger partial charge in [0.05, 0.1) is 12.2 Å². The first-order chi connectivity index (χ1) is 12.5. The van der Waals surface area contributed by atoms with Gasteiger partial charge in [-0.05, 0) is 58.2 Å². The average molecular weight is 365 g/mol. The molecule has 3 N–H and O–H groups in total. The lowest BCUT2D eigenvalue weighted by atomic mass is 9.88. The normalized spacial score (nSPS) is 29.5. The standard InChI is InChI=1S/C22H40N2O2/c1-4-5-6-7-19(25)8-9-20-21-15-17(14-18(21)16-22(20)26)10-11-23-12-13-24(2)3/h8-9,14,18-23,25-26H,4-7,10-13,15-16H2,1-3H3/t18-,19-,20+,21-,22+/m0/s1. The molecule has 0 spiro atoms. The number of nitrogens with zero attached hydrogens (tertiary/aromatic N) is 1. The van der Waals surface area contributed by atoms with Crippen molar-refractivity contribution in [3.8, 4) is 0 Å². The molecular weight excluding hydrogens is 324 g/mol. The average Bonchev–Trinajstić information content (AvgIpc) is 3.09. The summed E-state index contributed by atoms with van der Waals surface area (Å²) < 4.78 is 0. The van der Waals surface area contributed by atoms with Crippen LogP contribution in [0.25, 0.3) is 0 Å². The molecule has 4 heteroatoms. The number of allylic oxidation sites excluding steroid dienone is 1. The molecule has 5 atom stereocenters. The highest BCUT2D eigenvalue weighted by atomic mass is 16.3. The zero-order valence-electron chi connectivity index (χ0n) is 17.0. The van der Waals surface area contributed by atoms with Gasteiger partial charge in [0.25, 0.3) is 0 Å². The van der Waals surface area contributed by atoms with E-state index in [9.17, 15) is 10.2 Å². The zero-order valence-corrected chi connectivity index (χ0v) is 17.0. The van der Waals surface area contributed by atoms with E-state index in [0.717, 1.165) is 51.7 Å². The molecule has 0 amide bonds. The van der Waals surface area contributed by atoms with Crippen LogP contribution in [0.5, 0.6) is 0 Å². The molecule has 0 aromatic rings. The lowest BCUT2D eigenvalue weighted by Gasteiger charge is -2.19. The summed E-state index contributed by atoms with van der Waals surface area (Å²) in [5.41, 5.74) is 1.55. The lowest BCUT2D eigenvalue weighted by molar-refractivity contribution is 0.139. The molecule has 0 radical (unpaired) electrons. The van der Waals surface area contributed by atoms with Crippen LogP contribution in [0.15, 0.2) is 23.8 Å². The van der Waals surface area contributed by atoms with Crippen molar-refractivity contribution in [2.24, 2.45) is 17.8 Å². The molecule has 2 aliphatic carbocycles.